The third kappa shape index (κ3) is 3.54. The molecule has 3 aromatic rings. The zero-order chi connectivity index (χ0) is 17.9. The van der Waals surface area contributed by atoms with Crippen LogP contribution in [0, 0.1) is 0 Å². The molecule has 8 heteroatoms. The van der Waals surface area contributed by atoms with E-state index in [1.807, 2.05) is 23.1 Å². The minimum Gasteiger partial charge on any atom is -0.343 e. The number of rotatable bonds is 3. The third-order valence-electron chi connectivity index (χ3n) is 4.21. The molecule has 0 saturated carbocycles. The maximum absolute atomic E-state index is 12.6. The number of nitrogens with zero attached hydrogens (tertiary/aromatic N) is 5. The SMILES string of the molecule is O=C(c1cccc(Cl)c1)N1CCN(c2nnc(-c3ccccn3)s2)CC1. The molecule has 0 atom stereocenters. The molecule has 1 aliphatic rings. The normalized spacial score (nSPS) is 14.5. The molecule has 1 aromatic carbocycles. The smallest absolute Gasteiger partial charge is 0.254 e. The molecule has 0 unspecified atom stereocenters. The van der Waals surface area contributed by atoms with Crippen molar-refractivity contribution in [3.05, 3.63) is 59.2 Å². The second-order valence-corrected chi connectivity index (χ2v) is 7.29. The largest absolute Gasteiger partial charge is 0.343 e. The topological polar surface area (TPSA) is 62.2 Å². The summed E-state index contributed by atoms with van der Waals surface area (Å²) >= 11 is 7.51. The monoisotopic (exact) mass is 385 g/mol. The van der Waals surface area contributed by atoms with Gasteiger partial charge in [-0.1, -0.05) is 35.1 Å². The molecule has 1 saturated heterocycles. The summed E-state index contributed by atoms with van der Waals surface area (Å²) in [6.45, 7) is 2.74. The molecule has 0 spiro atoms. The summed E-state index contributed by atoms with van der Waals surface area (Å²) < 4.78 is 0. The second-order valence-electron chi connectivity index (χ2n) is 5.89. The van der Waals surface area contributed by atoms with E-state index >= 15 is 0 Å². The van der Waals surface area contributed by atoms with Gasteiger partial charge in [0.05, 0.1) is 0 Å². The molecule has 0 aliphatic carbocycles. The molecule has 26 heavy (non-hydrogen) atoms. The average Bonchev–Trinajstić information content (AvgIpc) is 3.18. The molecule has 6 nitrogen and oxygen atoms in total. The molecule has 1 fully saturated rings. The molecule has 3 heterocycles. The lowest BCUT2D eigenvalue weighted by Crippen LogP contribution is -2.48. The van der Waals surface area contributed by atoms with Crippen molar-refractivity contribution in [2.24, 2.45) is 0 Å². The van der Waals surface area contributed by atoms with Gasteiger partial charge in [-0.05, 0) is 30.3 Å². The maximum Gasteiger partial charge on any atom is 0.254 e. The Morgan fingerprint density at radius 3 is 2.62 bits per heavy atom. The Morgan fingerprint density at radius 1 is 1.04 bits per heavy atom. The molecule has 0 radical (unpaired) electrons. The lowest BCUT2D eigenvalue weighted by atomic mass is 10.2. The van der Waals surface area contributed by atoms with E-state index in [-0.39, 0.29) is 5.91 Å². The van der Waals surface area contributed by atoms with Gasteiger partial charge in [-0.2, -0.15) is 0 Å². The third-order valence-corrected chi connectivity index (χ3v) is 5.45. The number of aromatic nitrogens is 3. The predicted molar refractivity (Wildman–Crippen MR) is 103 cm³/mol. The summed E-state index contributed by atoms with van der Waals surface area (Å²) in [7, 11) is 0. The number of piperazine rings is 1. The number of amides is 1. The summed E-state index contributed by atoms with van der Waals surface area (Å²) in [6.07, 6.45) is 1.75. The van der Waals surface area contributed by atoms with Crippen LogP contribution in [-0.2, 0) is 0 Å². The van der Waals surface area contributed by atoms with Crippen molar-refractivity contribution >= 4 is 34.0 Å². The van der Waals surface area contributed by atoms with Crippen LogP contribution in [0.15, 0.2) is 48.7 Å². The number of hydrogen-bond acceptors (Lipinski definition) is 6. The summed E-state index contributed by atoms with van der Waals surface area (Å²) in [4.78, 5) is 20.9. The van der Waals surface area contributed by atoms with Gasteiger partial charge in [-0.15, -0.1) is 10.2 Å². The fourth-order valence-corrected chi connectivity index (χ4v) is 3.90. The Bertz CT molecular complexity index is 909. The zero-order valence-electron chi connectivity index (χ0n) is 13.9. The van der Waals surface area contributed by atoms with Gasteiger partial charge in [0.25, 0.3) is 5.91 Å². The van der Waals surface area contributed by atoms with Crippen molar-refractivity contribution in [2.75, 3.05) is 31.1 Å². The average molecular weight is 386 g/mol. The second kappa shape index (κ2) is 7.39. The van der Waals surface area contributed by atoms with Gasteiger partial charge in [-0.25, -0.2) is 0 Å². The van der Waals surface area contributed by atoms with Crippen molar-refractivity contribution in [2.45, 2.75) is 0 Å². The first kappa shape index (κ1) is 16.9. The van der Waals surface area contributed by atoms with Crippen LogP contribution in [0.5, 0.6) is 0 Å². The van der Waals surface area contributed by atoms with Crippen molar-refractivity contribution in [1.82, 2.24) is 20.1 Å². The van der Waals surface area contributed by atoms with Crippen molar-refractivity contribution < 1.29 is 4.79 Å². The molecule has 1 aliphatic heterocycles. The summed E-state index contributed by atoms with van der Waals surface area (Å²) in [5.74, 6) is 0.0126. The highest BCUT2D eigenvalue weighted by Crippen LogP contribution is 2.28. The number of carbonyl (C=O) groups excluding carboxylic acids is 1. The van der Waals surface area contributed by atoms with Gasteiger partial charge in [-0.3, -0.25) is 9.78 Å². The van der Waals surface area contributed by atoms with Gasteiger partial charge in [0.1, 0.15) is 5.69 Å². The van der Waals surface area contributed by atoms with Crippen molar-refractivity contribution in [3.63, 3.8) is 0 Å². The molecular formula is C18H16ClN5OS. The first-order valence-electron chi connectivity index (χ1n) is 8.25. The zero-order valence-corrected chi connectivity index (χ0v) is 15.5. The Labute approximate surface area is 160 Å². The highest BCUT2D eigenvalue weighted by molar-refractivity contribution is 7.18. The van der Waals surface area contributed by atoms with E-state index in [0.29, 0.717) is 23.7 Å². The van der Waals surface area contributed by atoms with E-state index in [9.17, 15) is 4.79 Å². The van der Waals surface area contributed by atoms with E-state index in [1.165, 1.54) is 11.3 Å². The quantitative estimate of drug-likeness (QED) is 0.692. The van der Waals surface area contributed by atoms with Crippen LogP contribution in [0.1, 0.15) is 10.4 Å². The molecule has 2 aromatic heterocycles. The van der Waals surface area contributed by atoms with Gasteiger partial charge >= 0.3 is 0 Å². The molecule has 0 N–H and O–H groups in total. The van der Waals surface area contributed by atoms with E-state index in [0.717, 1.165) is 28.9 Å². The van der Waals surface area contributed by atoms with Crippen LogP contribution in [0.2, 0.25) is 5.02 Å². The molecular weight excluding hydrogens is 370 g/mol. The number of carbonyl (C=O) groups is 1. The van der Waals surface area contributed by atoms with E-state index in [4.69, 9.17) is 11.6 Å². The fourth-order valence-electron chi connectivity index (χ4n) is 2.84. The van der Waals surface area contributed by atoms with Crippen molar-refractivity contribution in [3.8, 4) is 10.7 Å². The highest BCUT2D eigenvalue weighted by Gasteiger charge is 2.24. The van der Waals surface area contributed by atoms with Crippen LogP contribution < -0.4 is 4.90 Å². The standard InChI is InChI=1S/C18H16ClN5OS/c19-14-5-3-4-13(12-14)17(25)23-8-10-24(11-9-23)18-22-21-16(26-18)15-6-1-2-7-20-15/h1-7,12H,8-11H2. The Balaban J connectivity index is 1.41. The fraction of sp³-hybridized carbons (Fsp3) is 0.222. The summed E-state index contributed by atoms with van der Waals surface area (Å²) in [6, 6.07) is 12.8. The van der Waals surface area contributed by atoms with Crippen LogP contribution >= 0.6 is 22.9 Å². The Morgan fingerprint density at radius 2 is 1.88 bits per heavy atom. The van der Waals surface area contributed by atoms with Crippen LogP contribution in [0.3, 0.4) is 0 Å². The number of benzene rings is 1. The summed E-state index contributed by atoms with van der Waals surface area (Å²) in [5, 5.41) is 10.8. The first-order chi connectivity index (χ1) is 12.7. The number of pyridine rings is 1. The maximum atomic E-state index is 12.6. The highest BCUT2D eigenvalue weighted by atomic mass is 35.5. The number of anilines is 1. The predicted octanol–water partition coefficient (Wildman–Crippen LogP) is 3.22. The van der Waals surface area contributed by atoms with Gasteiger partial charge in [0, 0.05) is 43.0 Å². The van der Waals surface area contributed by atoms with E-state index in [1.54, 1.807) is 30.5 Å². The van der Waals surface area contributed by atoms with Gasteiger partial charge in [0.2, 0.25) is 5.13 Å². The Kier molecular flexibility index (Phi) is 4.81. The van der Waals surface area contributed by atoms with Crippen molar-refractivity contribution in [1.29, 1.82) is 0 Å². The van der Waals surface area contributed by atoms with Crippen LogP contribution in [0.4, 0.5) is 5.13 Å². The lowest BCUT2D eigenvalue weighted by molar-refractivity contribution is 0.0746. The lowest BCUT2D eigenvalue weighted by Gasteiger charge is -2.34. The molecule has 0 bridgehead atoms. The van der Waals surface area contributed by atoms with E-state index in [2.05, 4.69) is 20.1 Å². The minimum absolute atomic E-state index is 0.0126. The van der Waals surface area contributed by atoms with Gasteiger partial charge in [0.15, 0.2) is 5.01 Å². The number of halogens is 1. The molecule has 4 rings (SSSR count). The van der Waals surface area contributed by atoms with Crippen LogP contribution in [0.25, 0.3) is 10.7 Å². The Hall–Kier alpha value is -2.51. The molecule has 1 amide bonds. The summed E-state index contributed by atoms with van der Waals surface area (Å²) in [5.41, 5.74) is 1.45. The van der Waals surface area contributed by atoms with Crippen LogP contribution in [-0.4, -0.2) is 52.2 Å². The van der Waals surface area contributed by atoms with Gasteiger partial charge < -0.3 is 9.80 Å². The minimum atomic E-state index is 0.0126. The first-order valence-corrected chi connectivity index (χ1v) is 9.45. The van der Waals surface area contributed by atoms with E-state index < -0.39 is 0 Å². The number of hydrogen-bond donors (Lipinski definition) is 0. The molecule has 132 valence electrons.